The number of benzene rings is 2. The summed E-state index contributed by atoms with van der Waals surface area (Å²) in [6.07, 6.45) is -2.61. The predicted molar refractivity (Wildman–Crippen MR) is 139 cm³/mol. The Morgan fingerprint density at radius 1 is 1.18 bits per heavy atom. The number of nitrogens with zero attached hydrogens (tertiary/aromatic N) is 3. The van der Waals surface area contributed by atoms with Crippen LogP contribution in [0.25, 0.3) is 10.9 Å². The molecule has 1 fully saturated rings. The van der Waals surface area contributed by atoms with Gasteiger partial charge in [0.1, 0.15) is 24.1 Å². The highest BCUT2D eigenvalue weighted by atomic mass is 32.2. The van der Waals surface area contributed by atoms with Crippen molar-refractivity contribution in [2.45, 2.75) is 50.6 Å². The van der Waals surface area contributed by atoms with Crippen LogP contribution in [-0.4, -0.2) is 55.3 Å². The number of likely N-dealkylation sites (N-methyl/N-ethyl adjacent to an activating group) is 1. The monoisotopic (exact) mass is 570 g/mol. The van der Waals surface area contributed by atoms with E-state index in [9.17, 15) is 26.0 Å². The summed E-state index contributed by atoms with van der Waals surface area (Å²) >= 11 is 0. The predicted octanol–water partition coefficient (Wildman–Crippen LogP) is 5.47. The Kier molecular flexibility index (Phi) is 8.22. The minimum absolute atomic E-state index is 0.0473. The van der Waals surface area contributed by atoms with Crippen LogP contribution in [0.1, 0.15) is 49.2 Å². The molecule has 13 heteroatoms. The third-order valence-electron chi connectivity index (χ3n) is 6.82. The smallest absolute Gasteiger partial charge is 0.419 e. The number of alkyl halides is 3. The van der Waals surface area contributed by atoms with Crippen molar-refractivity contribution in [2.24, 2.45) is 0 Å². The van der Waals surface area contributed by atoms with Crippen molar-refractivity contribution in [2.75, 3.05) is 32.6 Å². The van der Waals surface area contributed by atoms with E-state index in [4.69, 9.17) is 9.47 Å². The van der Waals surface area contributed by atoms with Crippen LogP contribution in [0.4, 0.5) is 23.4 Å². The van der Waals surface area contributed by atoms with Crippen molar-refractivity contribution in [1.82, 2.24) is 14.3 Å². The van der Waals surface area contributed by atoms with Gasteiger partial charge in [-0.05, 0) is 38.8 Å². The minimum atomic E-state index is -4.83. The molecule has 39 heavy (non-hydrogen) atoms. The van der Waals surface area contributed by atoms with Crippen LogP contribution in [0.3, 0.4) is 0 Å². The highest BCUT2D eigenvalue weighted by Crippen LogP contribution is 2.37. The summed E-state index contributed by atoms with van der Waals surface area (Å²) in [4.78, 5) is 8.80. The van der Waals surface area contributed by atoms with Crippen LogP contribution in [0.15, 0.2) is 30.3 Å². The second-order valence-electron chi connectivity index (χ2n) is 9.48. The number of nitrogens with one attached hydrogen (secondary N) is 1. The van der Waals surface area contributed by atoms with Crippen molar-refractivity contribution >= 4 is 26.7 Å². The molecule has 1 heterocycles. The Morgan fingerprint density at radius 3 is 2.51 bits per heavy atom. The van der Waals surface area contributed by atoms with Crippen molar-refractivity contribution in [3.8, 4) is 11.5 Å². The molecular weight excluding hydrogens is 540 g/mol. The molecule has 212 valence electrons. The van der Waals surface area contributed by atoms with E-state index in [0.29, 0.717) is 47.1 Å². The molecule has 0 radical (unpaired) electrons. The molecule has 8 nitrogen and oxygen atoms in total. The average molecular weight is 571 g/mol. The highest BCUT2D eigenvalue weighted by molar-refractivity contribution is 7.89. The van der Waals surface area contributed by atoms with E-state index in [0.717, 1.165) is 12.5 Å². The average Bonchev–Trinajstić information content (AvgIpc) is 2.81. The summed E-state index contributed by atoms with van der Waals surface area (Å²) in [7, 11) is -0.417. The zero-order valence-corrected chi connectivity index (χ0v) is 22.8. The molecule has 2 aromatic carbocycles. The standard InChI is InChI=1S/C26H30F4N4O4S/c1-15(18-9-6-10-20(24(18)27)26(28,29)30)31-25-19-13-23(22(37-4)14-21(19)32-16(2)33-25)38-12-11-34(3)39(35,36)17-7-5-8-17/h6,9-10,13-15,17H,5,7-8,11-12H2,1-4H3,(H,31,32,33)/t15-/m1/s1. The Labute approximate surface area is 224 Å². The van der Waals surface area contributed by atoms with Crippen LogP contribution in [0, 0.1) is 12.7 Å². The number of aromatic nitrogens is 2. The summed E-state index contributed by atoms with van der Waals surface area (Å²) in [5, 5.41) is 3.12. The van der Waals surface area contributed by atoms with Crippen LogP contribution in [0.5, 0.6) is 11.5 Å². The van der Waals surface area contributed by atoms with E-state index < -0.39 is 33.6 Å². The molecule has 1 aliphatic carbocycles. The largest absolute Gasteiger partial charge is 0.493 e. The number of anilines is 1. The Morgan fingerprint density at radius 2 is 1.90 bits per heavy atom. The van der Waals surface area contributed by atoms with Crippen LogP contribution in [0.2, 0.25) is 0 Å². The van der Waals surface area contributed by atoms with E-state index in [-0.39, 0.29) is 29.8 Å². The maximum Gasteiger partial charge on any atom is 0.419 e. The molecule has 0 aliphatic heterocycles. The van der Waals surface area contributed by atoms with Crippen molar-refractivity contribution in [3.05, 3.63) is 53.1 Å². The molecule has 1 atom stereocenters. The summed E-state index contributed by atoms with van der Waals surface area (Å²) in [6, 6.07) is 5.48. The number of aryl methyl sites for hydroxylation is 1. The number of ether oxygens (including phenoxy) is 2. The Balaban J connectivity index is 1.60. The first-order valence-electron chi connectivity index (χ1n) is 12.4. The fourth-order valence-corrected chi connectivity index (χ4v) is 6.12. The van der Waals surface area contributed by atoms with E-state index >= 15 is 0 Å². The lowest BCUT2D eigenvalue weighted by Crippen LogP contribution is -2.41. The highest BCUT2D eigenvalue weighted by Gasteiger charge is 2.36. The quantitative estimate of drug-likeness (QED) is 0.323. The van der Waals surface area contributed by atoms with Gasteiger partial charge in [-0.25, -0.2) is 27.1 Å². The molecule has 1 N–H and O–H groups in total. The van der Waals surface area contributed by atoms with E-state index in [1.54, 1.807) is 19.1 Å². The minimum Gasteiger partial charge on any atom is -0.493 e. The van der Waals surface area contributed by atoms with Crippen LogP contribution < -0.4 is 14.8 Å². The SMILES string of the molecule is COc1cc2nc(C)nc(N[C@H](C)c3cccc(C(F)(F)F)c3F)c2cc1OCCN(C)S(=O)(=O)C1CCC1. The third kappa shape index (κ3) is 6.03. The molecule has 3 aromatic rings. The van der Waals surface area contributed by atoms with Gasteiger partial charge in [-0.1, -0.05) is 18.6 Å². The molecular formula is C26H30F4N4O4S. The molecule has 0 unspecified atom stereocenters. The van der Waals surface area contributed by atoms with Crippen molar-refractivity contribution in [1.29, 1.82) is 0 Å². The van der Waals surface area contributed by atoms with Gasteiger partial charge in [0.25, 0.3) is 0 Å². The number of hydrogen-bond donors (Lipinski definition) is 1. The number of halogens is 4. The number of rotatable bonds is 10. The molecule has 1 saturated carbocycles. The molecule has 0 amide bonds. The zero-order valence-electron chi connectivity index (χ0n) is 22.0. The summed E-state index contributed by atoms with van der Waals surface area (Å²) in [6.45, 7) is 3.35. The van der Waals surface area contributed by atoms with Crippen LogP contribution >= 0.6 is 0 Å². The van der Waals surface area contributed by atoms with Crippen LogP contribution in [-0.2, 0) is 16.2 Å². The summed E-state index contributed by atoms with van der Waals surface area (Å²) in [5.41, 5.74) is -1.05. The van der Waals surface area contributed by atoms with Gasteiger partial charge in [0.05, 0.1) is 29.5 Å². The lowest BCUT2D eigenvalue weighted by molar-refractivity contribution is -0.140. The second-order valence-corrected chi connectivity index (χ2v) is 11.8. The van der Waals surface area contributed by atoms with Gasteiger partial charge >= 0.3 is 6.18 Å². The lowest BCUT2D eigenvalue weighted by Gasteiger charge is -2.29. The van der Waals surface area contributed by atoms with Gasteiger partial charge in [0.15, 0.2) is 11.5 Å². The van der Waals surface area contributed by atoms with Crippen molar-refractivity contribution in [3.63, 3.8) is 0 Å². The summed E-state index contributed by atoms with van der Waals surface area (Å²) in [5.74, 6) is -0.0631. The van der Waals surface area contributed by atoms with E-state index in [2.05, 4.69) is 15.3 Å². The molecule has 0 bridgehead atoms. The van der Waals surface area contributed by atoms with Gasteiger partial charge in [-0.15, -0.1) is 0 Å². The van der Waals surface area contributed by atoms with Gasteiger partial charge in [0, 0.05) is 30.6 Å². The van der Waals surface area contributed by atoms with Gasteiger partial charge in [0.2, 0.25) is 10.0 Å². The lowest BCUT2D eigenvalue weighted by atomic mass is 10.0. The zero-order chi connectivity index (χ0) is 28.5. The molecule has 0 saturated heterocycles. The first kappa shape index (κ1) is 28.8. The number of hydrogen-bond acceptors (Lipinski definition) is 7. The first-order chi connectivity index (χ1) is 18.3. The topological polar surface area (TPSA) is 93.7 Å². The van der Waals surface area contributed by atoms with Gasteiger partial charge in [-0.2, -0.15) is 13.2 Å². The second kappa shape index (κ2) is 11.1. The fourth-order valence-electron chi connectivity index (χ4n) is 4.36. The molecule has 0 spiro atoms. The Bertz CT molecular complexity index is 1460. The maximum atomic E-state index is 14.8. The maximum absolute atomic E-state index is 14.8. The normalized spacial score (nSPS) is 15.3. The molecule has 1 aliphatic rings. The fraction of sp³-hybridized carbons (Fsp3) is 0.462. The molecule has 4 rings (SSSR count). The van der Waals surface area contributed by atoms with Gasteiger partial charge < -0.3 is 14.8 Å². The number of methoxy groups -OCH3 is 1. The molecule has 1 aromatic heterocycles. The van der Waals surface area contributed by atoms with Gasteiger partial charge in [-0.3, -0.25) is 0 Å². The van der Waals surface area contributed by atoms with E-state index in [1.165, 1.54) is 31.5 Å². The van der Waals surface area contributed by atoms with E-state index in [1.807, 2.05) is 0 Å². The van der Waals surface area contributed by atoms with Crippen molar-refractivity contribution < 1.29 is 35.5 Å². The Hall–Kier alpha value is -3.19. The third-order valence-corrected chi connectivity index (χ3v) is 9.18. The number of sulfonamides is 1. The first-order valence-corrected chi connectivity index (χ1v) is 13.9. The summed E-state index contributed by atoms with van der Waals surface area (Å²) < 4.78 is 92.2. The number of fused-ring (bicyclic) bond motifs is 1.